The first-order valence-electron chi connectivity index (χ1n) is 9.75. The van der Waals surface area contributed by atoms with E-state index < -0.39 is 5.54 Å². The lowest BCUT2D eigenvalue weighted by Crippen LogP contribution is -2.58. The maximum atomic E-state index is 13.0. The Kier molecular flexibility index (Phi) is 7.23. The Morgan fingerprint density at radius 3 is 2.60 bits per heavy atom. The summed E-state index contributed by atoms with van der Waals surface area (Å²) >= 11 is 12.1. The number of pyridine rings is 1. The quantitative estimate of drug-likeness (QED) is 0.559. The SMILES string of the molecule is CCn1cc(Cl)cc1C(=O)NC1(CNC(=O)c2cc(Cl)nc(NC)c2)CCOCC1. The van der Waals surface area contributed by atoms with Crippen LogP contribution in [0.5, 0.6) is 0 Å². The van der Waals surface area contributed by atoms with Gasteiger partial charge < -0.3 is 25.3 Å². The Morgan fingerprint density at radius 1 is 1.20 bits per heavy atom. The van der Waals surface area contributed by atoms with Gasteiger partial charge in [-0.1, -0.05) is 23.2 Å². The predicted octanol–water partition coefficient (Wildman–Crippen LogP) is 2.96. The molecule has 2 aromatic rings. The lowest BCUT2D eigenvalue weighted by molar-refractivity contribution is 0.0350. The number of carbonyl (C=O) groups is 2. The van der Waals surface area contributed by atoms with Crippen LogP contribution in [0.3, 0.4) is 0 Å². The van der Waals surface area contributed by atoms with Gasteiger partial charge >= 0.3 is 0 Å². The Labute approximate surface area is 185 Å². The van der Waals surface area contributed by atoms with E-state index in [-0.39, 0.29) is 23.5 Å². The molecule has 2 aromatic heterocycles. The molecule has 0 aromatic carbocycles. The molecule has 0 bridgehead atoms. The molecule has 0 saturated carbocycles. The summed E-state index contributed by atoms with van der Waals surface area (Å²) in [5.41, 5.74) is 0.252. The van der Waals surface area contributed by atoms with Crippen molar-refractivity contribution in [1.82, 2.24) is 20.2 Å². The van der Waals surface area contributed by atoms with Crippen molar-refractivity contribution in [2.75, 3.05) is 32.1 Å². The second kappa shape index (κ2) is 9.68. The fourth-order valence-electron chi connectivity index (χ4n) is 3.45. The highest BCUT2D eigenvalue weighted by Gasteiger charge is 2.35. The summed E-state index contributed by atoms with van der Waals surface area (Å²) in [5, 5.41) is 9.63. The standard InChI is InChI=1S/C20H25Cl2N5O3/c1-3-27-11-14(21)10-15(27)19(29)26-20(4-6-30-7-5-20)12-24-18(28)13-8-16(22)25-17(9-13)23-2/h8-11H,3-7,12H2,1-2H3,(H,23,25)(H,24,28)(H,26,29). The zero-order valence-electron chi connectivity index (χ0n) is 16.9. The first-order valence-corrected chi connectivity index (χ1v) is 10.5. The fraction of sp³-hybridized carbons (Fsp3) is 0.450. The summed E-state index contributed by atoms with van der Waals surface area (Å²) < 4.78 is 7.27. The number of hydrogen-bond donors (Lipinski definition) is 3. The highest BCUT2D eigenvalue weighted by Crippen LogP contribution is 2.23. The van der Waals surface area contributed by atoms with Gasteiger partial charge in [0.05, 0.1) is 10.6 Å². The van der Waals surface area contributed by atoms with E-state index in [0.29, 0.717) is 54.7 Å². The summed E-state index contributed by atoms with van der Waals surface area (Å²) in [4.78, 5) is 29.8. The number of nitrogens with one attached hydrogen (secondary N) is 3. The van der Waals surface area contributed by atoms with Crippen LogP contribution in [-0.2, 0) is 11.3 Å². The van der Waals surface area contributed by atoms with Gasteiger partial charge in [0.1, 0.15) is 16.7 Å². The molecule has 3 N–H and O–H groups in total. The predicted molar refractivity (Wildman–Crippen MR) is 116 cm³/mol. The van der Waals surface area contributed by atoms with Gasteiger partial charge in [0, 0.05) is 45.1 Å². The number of aromatic nitrogens is 2. The molecule has 162 valence electrons. The number of anilines is 1. The third-order valence-corrected chi connectivity index (χ3v) is 5.57. The van der Waals surface area contributed by atoms with Crippen LogP contribution in [0, 0.1) is 0 Å². The average molecular weight is 454 g/mol. The summed E-state index contributed by atoms with van der Waals surface area (Å²) in [6.07, 6.45) is 2.89. The first-order chi connectivity index (χ1) is 14.4. The van der Waals surface area contributed by atoms with Gasteiger partial charge in [-0.3, -0.25) is 9.59 Å². The van der Waals surface area contributed by atoms with Crippen molar-refractivity contribution < 1.29 is 14.3 Å². The van der Waals surface area contributed by atoms with E-state index in [1.165, 1.54) is 6.07 Å². The number of carbonyl (C=O) groups excluding carboxylic acids is 2. The molecule has 0 spiro atoms. The van der Waals surface area contributed by atoms with Crippen LogP contribution < -0.4 is 16.0 Å². The molecule has 1 aliphatic heterocycles. The zero-order chi connectivity index (χ0) is 21.7. The number of nitrogens with zero attached hydrogens (tertiary/aromatic N) is 2. The Bertz CT molecular complexity index is 925. The maximum Gasteiger partial charge on any atom is 0.268 e. The molecule has 30 heavy (non-hydrogen) atoms. The van der Waals surface area contributed by atoms with Crippen LogP contribution in [0.4, 0.5) is 5.82 Å². The first kappa shape index (κ1) is 22.4. The van der Waals surface area contributed by atoms with Gasteiger partial charge in [0.2, 0.25) is 0 Å². The van der Waals surface area contributed by atoms with E-state index in [2.05, 4.69) is 20.9 Å². The van der Waals surface area contributed by atoms with Crippen LogP contribution in [0.2, 0.25) is 10.2 Å². The minimum absolute atomic E-state index is 0.221. The lowest BCUT2D eigenvalue weighted by Gasteiger charge is -2.38. The van der Waals surface area contributed by atoms with Crippen LogP contribution >= 0.6 is 23.2 Å². The van der Waals surface area contributed by atoms with E-state index in [0.717, 1.165) is 0 Å². The van der Waals surface area contributed by atoms with Crippen molar-refractivity contribution in [3.8, 4) is 0 Å². The topological polar surface area (TPSA) is 97.3 Å². The van der Waals surface area contributed by atoms with E-state index in [1.54, 1.807) is 29.9 Å². The molecule has 0 aliphatic carbocycles. The van der Waals surface area contributed by atoms with Crippen LogP contribution in [0.25, 0.3) is 0 Å². The summed E-state index contributed by atoms with van der Waals surface area (Å²) in [6, 6.07) is 4.76. The van der Waals surface area contributed by atoms with Crippen LogP contribution in [0.15, 0.2) is 24.4 Å². The largest absolute Gasteiger partial charge is 0.381 e. The number of halogens is 2. The highest BCUT2D eigenvalue weighted by molar-refractivity contribution is 6.31. The summed E-state index contributed by atoms with van der Waals surface area (Å²) in [6.45, 7) is 3.82. The molecule has 1 aliphatic rings. The average Bonchev–Trinajstić information content (AvgIpc) is 3.13. The van der Waals surface area contributed by atoms with Crippen molar-refractivity contribution >= 4 is 40.8 Å². The molecular formula is C20H25Cl2N5O3. The smallest absolute Gasteiger partial charge is 0.268 e. The lowest BCUT2D eigenvalue weighted by atomic mass is 9.89. The number of amides is 2. The molecular weight excluding hydrogens is 429 g/mol. The monoisotopic (exact) mass is 453 g/mol. The van der Waals surface area contributed by atoms with Crippen molar-refractivity contribution in [2.24, 2.45) is 0 Å². The van der Waals surface area contributed by atoms with Gasteiger partial charge in [-0.2, -0.15) is 0 Å². The Hall–Kier alpha value is -2.29. The third kappa shape index (κ3) is 5.24. The number of hydrogen-bond acceptors (Lipinski definition) is 5. The summed E-state index contributed by atoms with van der Waals surface area (Å²) in [7, 11) is 1.70. The van der Waals surface area contributed by atoms with Gasteiger partial charge in [-0.15, -0.1) is 0 Å². The van der Waals surface area contributed by atoms with Crippen molar-refractivity contribution in [1.29, 1.82) is 0 Å². The molecule has 0 atom stereocenters. The highest BCUT2D eigenvalue weighted by atomic mass is 35.5. The molecule has 1 saturated heterocycles. The second-order valence-electron chi connectivity index (χ2n) is 7.17. The van der Waals surface area contributed by atoms with Gasteiger partial charge in [0.15, 0.2) is 0 Å². The third-order valence-electron chi connectivity index (χ3n) is 5.16. The molecule has 1 fully saturated rings. The van der Waals surface area contributed by atoms with Gasteiger partial charge in [-0.25, -0.2) is 4.98 Å². The van der Waals surface area contributed by atoms with E-state index in [1.807, 2.05) is 6.92 Å². The van der Waals surface area contributed by atoms with Crippen LogP contribution in [0.1, 0.15) is 40.6 Å². The minimum atomic E-state index is -0.622. The Balaban J connectivity index is 1.74. The van der Waals surface area contributed by atoms with Crippen molar-refractivity contribution in [3.63, 3.8) is 0 Å². The van der Waals surface area contributed by atoms with E-state index in [9.17, 15) is 9.59 Å². The number of ether oxygens (including phenoxy) is 1. The molecule has 10 heteroatoms. The van der Waals surface area contributed by atoms with Gasteiger partial charge in [0.25, 0.3) is 11.8 Å². The Morgan fingerprint density at radius 2 is 1.93 bits per heavy atom. The molecule has 3 rings (SSSR count). The fourth-order valence-corrected chi connectivity index (χ4v) is 3.88. The van der Waals surface area contributed by atoms with Crippen molar-refractivity contribution in [2.45, 2.75) is 31.8 Å². The number of aryl methyl sites for hydroxylation is 1. The molecule has 0 unspecified atom stereocenters. The van der Waals surface area contributed by atoms with E-state index >= 15 is 0 Å². The molecule has 3 heterocycles. The van der Waals surface area contributed by atoms with E-state index in [4.69, 9.17) is 27.9 Å². The summed E-state index contributed by atoms with van der Waals surface area (Å²) in [5.74, 6) is -0.0286. The second-order valence-corrected chi connectivity index (χ2v) is 8.00. The normalized spacial score (nSPS) is 15.5. The van der Waals surface area contributed by atoms with Gasteiger partial charge in [-0.05, 0) is 38.0 Å². The molecule has 0 radical (unpaired) electrons. The zero-order valence-corrected chi connectivity index (χ0v) is 18.4. The molecule has 2 amide bonds. The minimum Gasteiger partial charge on any atom is -0.381 e. The van der Waals surface area contributed by atoms with Crippen LogP contribution in [-0.4, -0.2) is 53.7 Å². The maximum absolute atomic E-state index is 13.0. The number of rotatable bonds is 7. The molecule has 8 nitrogen and oxygen atoms in total. The van der Waals surface area contributed by atoms with Crippen molar-refractivity contribution in [3.05, 3.63) is 45.8 Å².